The van der Waals surface area contributed by atoms with Crippen LogP contribution in [0.4, 0.5) is 4.79 Å². The number of hydrogen-bond acceptors (Lipinski definition) is 5. The number of aromatic nitrogens is 1. The quantitative estimate of drug-likeness (QED) is 0.854. The van der Waals surface area contributed by atoms with Gasteiger partial charge in [-0.2, -0.15) is 0 Å². The van der Waals surface area contributed by atoms with Crippen LogP contribution in [0.3, 0.4) is 0 Å². The van der Waals surface area contributed by atoms with E-state index in [0.29, 0.717) is 19.7 Å². The molecule has 3 rings (SSSR count). The van der Waals surface area contributed by atoms with Gasteiger partial charge in [-0.05, 0) is 32.8 Å². The minimum atomic E-state index is -0.270. The fourth-order valence-corrected chi connectivity index (χ4v) is 3.98. The summed E-state index contributed by atoms with van der Waals surface area (Å²) in [7, 11) is 0. The SMILES string of the molecule is CCOC(=O)N1CCC(NC(=O)Cc2csc(-c3cccc(C)c3)n2)CC1. The summed E-state index contributed by atoms with van der Waals surface area (Å²) in [4.78, 5) is 30.4. The van der Waals surface area contributed by atoms with Crippen molar-refractivity contribution < 1.29 is 14.3 Å². The van der Waals surface area contributed by atoms with Crippen LogP contribution in [0.25, 0.3) is 10.6 Å². The highest BCUT2D eigenvalue weighted by molar-refractivity contribution is 7.13. The molecule has 0 atom stereocenters. The maximum absolute atomic E-state index is 12.3. The van der Waals surface area contributed by atoms with E-state index in [-0.39, 0.29) is 24.5 Å². The number of amides is 2. The molecule has 1 aromatic heterocycles. The van der Waals surface area contributed by atoms with E-state index < -0.39 is 0 Å². The first-order valence-corrected chi connectivity index (χ1v) is 10.2. The van der Waals surface area contributed by atoms with Crippen molar-refractivity contribution in [1.82, 2.24) is 15.2 Å². The lowest BCUT2D eigenvalue weighted by Crippen LogP contribution is -2.47. The van der Waals surface area contributed by atoms with E-state index in [1.165, 1.54) is 5.56 Å². The zero-order valence-corrected chi connectivity index (χ0v) is 16.6. The highest BCUT2D eigenvalue weighted by Gasteiger charge is 2.24. The van der Waals surface area contributed by atoms with Gasteiger partial charge in [-0.3, -0.25) is 4.79 Å². The first-order chi connectivity index (χ1) is 13.0. The van der Waals surface area contributed by atoms with Crippen molar-refractivity contribution in [2.24, 2.45) is 0 Å². The van der Waals surface area contributed by atoms with Crippen molar-refractivity contribution in [3.63, 3.8) is 0 Å². The third kappa shape index (κ3) is 5.29. The molecule has 2 heterocycles. The van der Waals surface area contributed by atoms with Gasteiger partial charge in [0, 0.05) is 30.1 Å². The predicted molar refractivity (Wildman–Crippen MR) is 106 cm³/mol. The molecule has 0 unspecified atom stereocenters. The molecule has 1 N–H and O–H groups in total. The average molecular weight is 388 g/mol. The zero-order chi connectivity index (χ0) is 19.2. The minimum Gasteiger partial charge on any atom is -0.450 e. The summed E-state index contributed by atoms with van der Waals surface area (Å²) in [6, 6.07) is 8.30. The Labute approximate surface area is 163 Å². The van der Waals surface area contributed by atoms with E-state index >= 15 is 0 Å². The van der Waals surface area contributed by atoms with Gasteiger partial charge in [0.05, 0.1) is 18.7 Å². The lowest BCUT2D eigenvalue weighted by molar-refractivity contribution is -0.121. The lowest BCUT2D eigenvalue weighted by Gasteiger charge is -2.31. The second-order valence-corrected chi connectivity index (χ2v) is 7.58. The molecule has 144 valence electrons. The second kappa shape index (κ2) is 8.99. The van der Waals surface area contributed by atoms with Crippen LogP contribution in [0.15, 0.2) is 29.6 Å². The zero-order valence-electron chi connectivity index (χ0n) is 15.7. The summed E-state index contributed by atoms with van der Waals surface area (Å²) < 4.78 is 5.02. The number of benzene rings is 1. The number of rotatable bonds is 5. The molecule has 1 aliphatic heterocycles. The molecule has 1 fully saturated rings. The molecule has 7 heteroatoms. The van der Waals surface area contributed by atoms with Gasteiger partial charge in [-0.15, -0.1) is 11.3 Å². The Kier molecular flexibility index (Phi) is 6.45. The summed E-state index contributed by atoms with van der Waals surface area (Å²) in [5, 5.41) is 5.94. The van der Waals surface area contributed by atoms with Crippen LogP contribution in [-0.4, -0.2) is 47.6 Å². The maximum atomic E-state index is 12.3. The van der Waals surface area contributed by atoms with E-state index in [4.69, 9.17) is 4.74 Å². The number of nitrogens with one attached hydrogen (secondary N) is 1. The third-order valence-corrected chi connectivity index (χ3v) is 5.48. The van der Waals surface area contributed by atoms with E-state index in [1.54, 1.807) is 23.2 Å². The molecule has 27 heavy (non-hydrogen) atoms. The Balaban J connectivity index is 1.48. The monoisotopic (exact) mass is 387 g/mol. The summed E-state index contributed by atoms with van der Waals surface area (Å²) in [6.45, 7) is 5.45. The van der Waals surface area contributed by atoms with E-state index in [1.807, 2.05) is 17.5 Å². The van der Waals surface area contributed by atoms with Crippen molar-refractivity contribution in [2.45, 2.75) is 39.2 Å². The number of carbonyl (C=O) groups is 2. The van der Waals surface area contributed by atoms with Crippen LogP contribution in [-0.2, 0) is 16.0 Å². The van der Waals surface area contributed by atoms with Crippen molar-refractivity contribution in [1.29, 1.82) is 0 Å². The molecule has 6 nitrogen and oxygen atoms in total. The van der Waals surface area contributed by atoms with Crippen LogP contribution in [0.2, 0.25) is 0 Å². The molecule has 0 saturated carbocycles. The predicted octanol–water partition coefficient (Wildman–Crippen LogP) is 3.40. The summed E-state index contributed by atoms with van der Waals surface area (Å²) in [5.74, 6) is -0.0225. The molecule has 1 aliphatic rings. The van der Waals surface area contributed by atoms with Gasteiger partial charge < -0.3 is 15.0 Å². The normalized spacial score (nSPS) is 14.8. The summed E-state index contributed by atoms with van der Waals surface area (Å²) in [6.07, 6.45) is 1.50. The molecule has 2 aromatic rings. The lowest BCUT2D eigenvalue weighted by atomic mass is 10.1. The highest BCUT2D eigenvalue weighted by atomic mass is 32.1. The molecule has 1 saturated heterocycles. The van der Waals surface area contributed by atoms with E-state index in [9.17, 15) is 9.59 Å². The number of piperidine rings is 1. The number of ether oxygens (including phenoxy) is 1. The van der Waals surface area contributed by atoms with Gasteiger partial charge in [0.25, 0.3) is 0 Å². The van der Waals surface area contributed by atoms with Crippen molar-refractivity contribution in [2.75, 3.05) is 19.7 Å². The van der Waals surface area contributed by atoms with Crippen LogP contribution < -0.4 is 5.32 Å². The Morgan fingerprint density at radius 3 is 2.81 bits per heavy atom. The van der Waals surface area contributed by atoms with Gasteiger partial charge in [-0.1, -0.05) is 23.8 Å². The first-order valence-electron chi connectivity index (χ1n) is 9.27. The third-order valence-electron chi connectivity index (χ3n) is 4.54. The number of thiazole rings is 1. The van der Waals surface area contributed by atoms with Gasteiger partial charge in [0.15, 0.2) is 0 Å². The molecule has 0 radical (unpaired) electrons. The molecular weight excluding hydrogens is 362 g/mol. The second-order valence-electron chi connectivity index (χ2n) is 6.72. The van der Waals surface area contributed by atoms with Crippen molar-refractivity contribution >= 4 is 23.3 Å². The van der Waals surface area contributed by atoms with Crippen LogP contribution in [0.5, 0.6) is 0 Å². The fourth-order valence-electron chi connectivity index (χ4n) is 3.16. The largest absolute Gasteiger partial charge is 0.450 e. The van der Waals surface area contributed by atoms with Crippen LogP contribution in [0, 0.1) is 6.92 Å². The Bertz CT molecular complexity index is 797. The van der Waals surface area contributed by atoms with Gasteiger partial charge >= 0.3 is 6.09 Å². The van der Waals surface area contributed by atoms with Gasteiger partial charge in [-0.25, -0.2) is 9.78 Å². The van der Waals surface area contributed by atoms with Crippen LogP contribution in [0.1, 0.15) is 31.0 Å². The first kappa shape index (κ1) is 19.4. The number of carbonyl (C=O) groups excluding carboxylic acids is 2. The summed E-state index contributed by atoms with van der Waals surface area (Å²) >= 11 is 1.56. The van der Waals surface area contributed by atoms with E-state index in [2.05, 4.69) is 29.4 Å². The number of likely N-dealkylation sites (tertiary alicyclic amines) is 1. The topological polar surface area (TPSA) is 71.5 Å². The van der Waals surface area contributed by atoms with Gasteiger partial charge in [0.1, 0.15) is 5.01 Å². The Morgan fingerprint density at radius 2 is 2.11 bits per heavy atom. The molecule has 0 bridgehead atoms. The molecule has 0 spiro atoms. The summed E-state index contributed by atoms with van der Waals surface area (Å²) in [5.41, 5.74) is 3.06. The smallest absolute Gasteiger partial charge is 0.409 e. The molecule has 1 aromatic carbocycles. The Morgan fingerprint density at radius 1 is 1.33 bits per heavy atom. The number of nitrogens with zero attached hydrogens (tertiary/aromatic N) is 2. The van der Waals surface area contributed by atoms with E-state index in [0.717, 1.165) is 29.1 Å². The maximum Gasteiger partial charge on any atom is 0.409 e. The average Bonchev–Trinajstić information content (AvgIpc) is 3.11. The van der Waals surface area contributed by atoms with Crippen LogP contribution >= 0.6 is 11.3 Å². The molecular formula is C20H25N3O3S. The minimum absolute atomic E-state index is 0.0225. The number of aryl methyl sites for hydroxylation is 1. The molecule has 2 amide bonds. The fraction of sp³-hybridized carbons (Fsp3) is 0.450. The van der Waals surface area contributed by atoms with Crippen molar-refractivity contribution in [3.8, 4) is 10.6 Å². The van der Waals surface area contributed by atoms with Gasteiger partial charge in [0.2, 0.25) is 5.91 Å². The van der Waals surface area contributed by atoms with Crippen molar-refractivity contribution in [3.05, 3.63) is 40.9 Å². The standard InChI is InChI=1S/C20H25N3O3S/c1-3-26-20(25)23-9-7-16(8-10-23)21-18(24)12-17-13-27-19(22-17)15-6-4-5-14(2)11-15/h4-6,11,13,16H,3,7-10,12H2,1-2H3,(H,21,24). The Hall–Kier alpha value is -2.41. The highest BCUT2D eigenvalue weighted by Crippen LogP contribution is 2.24. The number of hydrogen-bond donors (Lipinski definition) is 1. The molecule has 0 aliphatic carbocycles.